The summed E-state index contributed by atoms with van der Waals surface area (Å²) >= 11 is 0. The first-order chi connectivity index (χ1) is 9.61. The number of likely N-dealkylation sites (N-methyl/N-ethyl adjacent to an activating group) is 1. The number of hydrogen-bond donors (Lipinski definition) is 1. The molecule has 1 aromatic carbocycles. The molecule has 1 aliphatic rings. The quantitative estimate of drug-likeness (QED) is 0.743. The fraction of sp³-hybridized carbons (Fsp3) is 0.600. The van der Waals surface area contributed by atoms with Crippen molar-refractivity contribution >= 4 is 5.69 Å². The van der Waals surface area contributed by atoms with Gasteiger partial charge >= 0.3 is 0 Å². The van der Waals surface area contributed by atoms with E-state index in [0.717, 1.165) is 12.8 Å². The molecule has 112 valence electrons. The second-order valence-electron chi connectivity index (χ2n) is 5.18. The molecule has 0 unspecified atom stereocenters. The van der Waals surface area contributed by atoms with Crippen molar-refractivity contribution in [1.82, 2.24) is 5.32 Å². The second kappa shape index (κ2) is 6.99. The standard InChI is InChI=1S/C15H22F2N2O/c1-3-20-7-6-19(2)15-13(16)8-11(9-14(15)17)10-18-12-4-5-12/h8-9,12,18H,3-7,10H2,1-2H3. The number of hydrogen-bond acceptors (Lipinski definition) is 3. The van der Waals surface area contributed by atoms with Crippen LogP contribution in [0.5, 0.6) is 0 Å². The average Bonchev–Trinajstić information content (AvgIpc) is 3.20. The summed E-state index contributed by atoms with van der Waals surface area (Å²) < 4.78 is 33.3. The van der Waals surface area contributed by atoms with Gasteiger partial charge in [0.15, 0.2) is 0 Å². The van der Waals surface area contributed by atoms with Crippen LogP contribution in [0.3, 0.4) is 0 Å². The summed E-state index contributed by atoms with van der Waals surface area (Å²) in [6.45, 7) is 3.92. The van der Waals surface area contributed by atoms with Gasteiger partial charge in [-0.15, -0.1) is 0 Å². The lowest BCUT2D eigenvalue weighted by Gasteiger charge is -2.21. The molecule has 0 heterocycles. The van der Waals surface area contributed by atoms with Crippen LogP contribution in [0.15, 0.2) is 12.1 Å². The maximum atomic E-state index is 14.1. The number of anilines is 1. The highest BCUT2D eigenvalue weighted by atomic mass is 19.1. The van der Waals surface area contributed by atoms with E-state index in [1.165, 1.54) is 12.1 Å². The molecule has 1 saturated carbocycles. The van der Waals surface area contributed by atoms with Crippen molar-refractivity contribution in [3.05, 3.63) is 29.3 Å². The Kier molecular flexibility index (Phi) is 5.31. The third-order valence-electron chi connectivity index (χ3n) is 3.41. The Balaban J connectivity index is 2.00. The second-order valence-corrected chi connectivity index (χ2v) is 5.18. The molecule has 5 heteroatoms. The third-order valence-corrected chi connectivity index (χ3v) is 3.41. The van der Waals surface area contributed by atoms with Gasteiger partial charge in [0.25, 0.3) is 0 Å². The molecule has 3 nitrogen and oxygen atoms in total. The zero-order valence-electron chi connectivity index (χ0n) is 12.1. The van der Waals surface area contributed by atoms with Crippen LogP contribution in [0, 0.1) is 11.6 Å². The highest BCUT2D eigenvalue weighted by Gasteiger charge is 2.21. The summed E-state index contributed by atoms with van der Waals surface area (Å²) in [6, 6.07) is 3.34. The zero-order chi connectivity index (χ0) is 14.5. The van der Waals surface area contributed by atoms with Crippen molar-refractivity contribution in [2.75, 3.05) is 31.7 Å². The molecule has 1 fully saturated rings. The van der Waals surface area contributed by atoms with Crippen molar-refractivity contribution in [3.63, 3.8) is 0 Å². The predicted molar refractivity (Wildman–Crippen MR) is 76.0 cm³/mol. The Morgan fingerprint density at radius 3 is 2.50 bits per heavy atom. The van der Waals surface area contributed by atoms with Crippen LogP contribution >= 0.6 is 0 Å². The number of halogens is 2. The summed E-state index contributed by atoms with van der Waals surface area (Å²) in [4.78, 5) is 1.55. The molecular weight excluding hydrogens is 262 g/mol. The van der Waals surface area contributed by atoms with Crippen LogP contribution in [-0.2, 0) is 11.3 Å². The van der Waals surface area contributed by atoms with E-state index < -0.39 is 11.6 Å². The first-order valence-corrected chi connectivity index (χ1v) is 7.12. The predicted octanol–water partition coefficient (Wildman–Crippen LogP) is 2.69. The maximum Gasteiger partial charge on any atom is 0.149 e. The lowest BCUT2D eigenvalue weighted by molar-refractivity contribution is 0.154. The molecule has 0 spiro atoms. The van der Waals surface area contributed by atoms with E-state index in [2.05, 4.69) is 5.32 Å². The number of ether oxygens (including phenoxy) is 1. The Morgan fingerprint density at radius 2 is 1.95 bits per heavy atom. The summed E-state index contributed by atoms with van der Waals surface area (Å²) in [6.07, 6.45) is 2.31. The van der Waals surface area contributed by atoms with Crippen LogP contribution in [0.4, 0.5) is 14.5 Å². The van der Waals surface area contributed by atoms with E-state index in [-0.39, 0.29) is 5.69 Å². The molecule has 0 saturated heterocycles. The molecule has 2 rings (SSSR count). The van der Waals surface area contributed by atoms with E-state index in [1.807, 2.05) is 6.92 Å². The fourth-order valence-corrected chi connectivity index (χ4v) is 2.09. The number of nitrogens with zero attached hydrogens (tertiary/aromatic N) is 1. The molecule has 0 aromatic heterocycles. The Morgan fingerprint density at radius 1 is 1.30 bits per heavy atom. The monoisotopic (exact) mass is 284 g/mol. The van der Waals surface area contributed by atoms with E-state index >= 15 is 0 Å². The van der Waals surface area contributed by atoms with Gasteiger partial charge in [0.1, 0.15) is 17.3 Å². The van der Waals surface area contributed by atoms with Gasteiger partial charge in [-0.2, -0.15) is 0 Å². The van der Waals surface area contributed by atoms with Gasteiger partial charge in [0.05, 0.1) is 6.61 Å². The van der Waals surface area contributed by atoms with E-state index in [0.29, 0.717) is 37.9 Å². The molecule has 20 heavy (non-hydrogen) atoms. The minimum absolute atomic E-state index is 0.0138. The van der Waals surface area contributed by atoms with Crippen LogP contribution in [-0.4, -0.2) is 32.8 Å². The first-order valence-electron chi connectivity index (χ1n) is 7.12. The maximum absolute atomic E-state index is 14.1. The van der Waals surface area contributed by atoms with Crippen molar-refractivity contribution in [2.24, 2.45) is 0 Å². The Bertz CT molecular complexity index is 426. The summed E-state index contributed by atoms with van der Waals surface area (Å²) in [5.74, 6) is -1.03. The SMILES string of the molecule is CCOCCN(C)c1c(F)cc(CNC2CC2)cc1F. The van der Waals surface area contributed by atoms with Gasteiger partial charge in [-0.1, -0.05) is 0 Å². The minimum Gasteiger partial charge on any atom is -0.380 e. The van der Waals surface area contributed by atoms with Crippen LogP contribution in [0.2, 0.25) is 0 Å². The average molecular weight is 284 g/mol. The smallest absolute Gasteiger partial charge is 0.149 e. The topological polar surface area (TPSA) is 24.5 Å². The highest BCUT2D eigenvalue weighted by molar-refractivity contribution is 5.50. The molecular formula is C15H22F2N2O. The molecule has 0 bridgehead atoms. The van der Waals surface area contributed by atoms with Crippen LogP contribution in [0.25, 0.3) is 0 Å². The zero-order valence-corrected chi connectivity index (χ0v) is 12.1. The summed E-state index contributed by atoms with van der Waals surface area (Å²) in [5, 5.41) is 3.25. The van der Waals surface area contributed by atoms with Crippen LogP contribution < -0.4 is 10.2 Å². The van der Waals surface area contributed by atoms with E-state index in [9.17, 15) is 8.78 Å². The number of benzene rings is 1. The lowest BCUT2D eigenvalue weighted by Crippen LogP contribution is -2.25. The van der Waals surface area contributed by atoms with Gasteiger partial charge in [-0.25, -0.2) is 8.78 Å². The molecule has 0 atom stereocenters. The molecule has 0 radical (unpaired) electrons. The first kappa shape index (κ1) is 15.2. The van der Waals surface area contributed by atoms with E-state index in [4.69, 9.17) is 4.74 Å². The molecule has 0 amide bonds. The van der Waals surface area contributed by atoms with Gasteiger partial charge in [-0.05, 0) is 37.5 Å². The van der Waals surface area contributed by atoms with Gasteiger partial charge in [-0.3, -0.25) is 0 Å². The fourth-order valence-electron chi connectivity index (χ4n) is 2.09. The Hall–Kier alpha value is -1.20. The van der Waals surface area contributed by atoms with Gasteiger partial charge < -0.3 is 15.0 Å². The van der Waals surface area contributed by atoms with Crippen molar-refractivity contribution in [1.29, 1.82) is 0 Å². The normalized spacial score (nSPS) is 14.6. The molecule has 1 aliphatic carbocycles. The molecule has 1 aromatic rings. The molecule has 0 aliphatic heterocycles. The number of nitrogens with one attached hydrogen (secondary N) is 1. The number of rotatable bonds is 8. The minimum atomic E-state index is -0.517. The highest BCUT2D eigenvalue weighted by Crippen LogP contribution is 2.25. The third kappa shape index (κ3) is 4.15. The lowest BCUT2D eigenvalue weighted by atomic mass is 10.1. The van der Waals surface area contributed by atoms with Gasteiger partial charge in [0.2, 0.25) is 0 Å². The Labute approximate surface area is 118 Å². The summed E-state index contributed by atoms with van der Waals surface area (Å²) in [7, 11) is 1.67. The largest absolute Gasteiger partial charge is 0.380 e. The van der Waals surface area contributed by atoms with E-state index in [1.54, 1.807) is 11.9 Å². The van der Waals surface area contributed by atoms with Crippen molar-refractivity contribution < 1.29 is 13.5 Å². The molecule has 1 N–H and O–H groups in total. The van der Waals surface area contributed by atoms with Crippen molar-refractivity contribution in [2.45, 2.75) is 32.4 Å². The van der Waals surface area contributed by atoms with Crippen molar-refractivity contribution in [3.8, 4) is 0 Å². The van der Waals surface area contributed by atoms with Crippen LogP contribution in [0.1, 0.15) is 25.3 Å². The van der Waals surface area contributed by atoms with Gasteiger partial charge in [0, 0.05) is 32.8 Å². The summed E-state index contributed by atoms with van der Waals surface area (Å²) in [5.41, 5.74) is 0.661.